The van der Waals surface area contributed by atoms with E-state index in [9.17, 15) is 0 Å². The predicted octanol–water partition coefficient (Wildman–Crippen LogP) is 15.9. The largest absolute Gasteiger partial charge is 4.00 e. The number of nitrogens with zero attached hydrogens (tertiary/aromatic N) is 6. The minimum atomic E-state index is 0. The third-order valence-corrected chi connectivity index (χ3v) is 9.26. The first kappa shape index (κ1) is 83.3. The molecule has 5 fully saturated rings. The van der Waals surface area contributed by atoms with Crippen LogP contribution >= 0.6 is 47.5 Å². The normalized spacial score (nSPS) is 18.9. The fourth-order valence-electron chi connectivity index (χ4n) is 6.24. The molecule has 6 heterocycles. The van der Waals surface area contributed by atoms with Gasteiger partial charge in [-0.15, -0.1) is 72.0 Å². The minimum Gasteiger partial charge on any atom is -0.687 e. The van der Waals surface area contributed by atoms with Gasteiger partial charge in [-0.25, -0.2) is 0 Å². The van der Waals surface area contributed by atoms with Gasteiger partial charge in [0.2, 0.25) is 0 Å². The molecule has 0 aliphatic carbocycles. The van der Waals surface area contributed by atoms with Gasteiger partial charge in [0.25, 0.3) is 0 Å². The topological polar surface area (TPSA) is 84.6 Å². The van der Waals surface area contributed by atoms with E-state index in [1.807, 2.05) is 6.20 Å². The van der Waals surface area contributed by atoms with E-state index in [-0.39, 0.29) is 111 Å². The van der Waals surface area contributed by atoms with Crippen LogP contribution < -0.4 is 0 Å². The van der Waals surface area contributed by atoms with Gasteiger partial charge < -0.3 is 31.9 Å². The molecule has 0 radical (unpaired) electrons. The zero-order valence-electron chi connectivity index (χ0n) is 48.1. The van der Waals surface area contributed by atoms with Crippen molar-refractivity contribution in [3.8, 4) is 0 Å². The van der Waals surface area contributed by atoms with Crippen LogP contribution in [0.3, 0.4) is 0 Å². The Bertz CT molecular complexity index is 1000. The van der Waals surface area contributed by atoms with Crippen LogP contribution in [0.2, 0.25) is 0 Å². The summed E-state index contributed by atoms with van der Waals surface area (Å²) in [4.78, 5) is 0. The summed E-state index contributed by atoms with van der Waals surface area (Å²) in [6, 6.07) is 0. The first-order chi connectivity index (χ1) is 31.2. The molecule has 0 N–H and O–H groups in total. The number of rotatable bonds is 6. The SMILES string of the molecule is C(=CC1CC[N-]CC1)C1CC[N-]CC1.C(=CC1CC[N-]CC1)C1CC[N-]CC1.C1=CC(C=CC2CC[N-]CC2)=CC[N-]1.C[PH+](C)C.C[PH+](C)C.C[PH+](C)C.C[PH+](C)C.C[PH+](C)C.C[PH+](C)C.[Pt+4].[Pt+4].[Pt+4]. The van der Waals surface area contributed by atoms with Crippen LogP contribution in [0.4, 0.5) is 0 Å². The summed E-state index contributed by atoms with van der Waals surface area (Å²) in [5.41, 5.74) is 1.29. The molecule has 69 heavy (non-hydrogen) atoms. The summed E-state index contributed by atoms with van der Waals surface area (Å²) in [6.45, 7) is 52.4. The molecular weight excluding hydrogens is 1500 g/mol. The Kier molecular flexibility index (Phi) is 74.6. The van der Waals surface area contributed by atoms with E-state index in [1.54, 1.807) is 0 Å². The molecule has 5 saturated heterocycles. The quantitative estimate of drug-likeness (QED) is 0.187. The van der Waals surface area contributed by atoms with Gasteiger partial charge in [0.05, 0.1) is 0 Å². The maximum absolute atomic E-state index is 4.37. The summed E-state index contributed by atoms with van der Waals surface area (Å²) in [6.07, 6.45) is 33.1. The van der Waals surface area contributed by atoms with E-state index >= 15 is 0 Å². The molecule has 6 aliphatic rings. The van der Waals surface area contributed by atoms with Gasteiger partial charge in [-0.2, -0.15) is 6.20 Å². The van der Waals surface area contributed by atoms with Crippen LogP contribution in [0.15, 0.2) is 60.4 Å². The maximum atomic E-state index is 4.37. The first-order valence-electron chi connectivity index (χ1n) is 26.1. The summed E-state index contributed by atoms with van der Waals surface area (Å²) in [5, 5.41) is 26.0. The van der Waals surface area contributed by atoms with E-state index in [4.69, 9.17) is 0 Å². The first-order valence-corrected chi connectivity index (χ1v) is 44.1. The van der Waals surface area contributed by atoms with Crippen molar-refractivity contribution < 1.29 is 63.2 Å². The minimum absolute atomic E-state index is 0. The number of hydrogen-bond acceptors (Lipinski definition) is 0. The molecule has 6 aliphatic heterocycles. The Morgan fingerprint density at radius 2 is 0.522 bits per heavy atom. The van der Waals surface area contributed by atoms with Gasteiger partial charge in [0, 0.05) is 120 Å². The Hall–Kier alpha value is 2.94. The summed E-state index contributed by atoms with van der Waals surface area (Å²) >= 11 is 0. The van der Waals surface area contributed by atoms with Crippen molar-refractivity contribution in [3.63, 3.8) is 0 Å². The predicted molar refractivity (Wildman–Crippen MR) is 338 cm³/mol. The van der Waals surface area contributed by atoms with E-state index in [2.05, 4.69) is 200 Å². The number of hydrogen-bond donors (Lipinski definition) is 0. The molecule has 0 atom stereocenters. The van der Waals surface area contributed by atoms with Crippen molar-refractivity contribution in [2.24, 2.45) is 29.6 Å². The summed E-state index contributed by atoms with van der Waals surface area (Å²) < 4.78 is 0. The molecule has 0 aromatic rings. The van der Waals surface area contributed by atoms with Crippen molar-refractivity contribution in [1.29, 1.82) is 0 Å². The van der Waals surface area contributed by atoms with Gasteiger partial charge in [-0.3, -0.25) is 0 Å². The fraction of sp³-hybridized carbons (Fsp3) is 0.815. The van der Waals surface area contributed by atoms with Crippen LogP contribution in [-0.2, 0) is 63.2 Å². The molecule has 0 aromatic heterocycles. The molecule has 0 aromatic carbocycles. The van der Waals surface area contributed by atoms with Gasteiger partial charge in [-0.1, -0.05) is 113 Å². The van der Waals surface area contributed by atoms with E-state index in [0.29, 0.717) is 0 Å². The third kappa shape index (κ3) is 77.5. The van der Waals surface area contributed by atoms with E-state index < -0.39 is 0 Å². The van der Waals surface area contributed by atoms with Crippen molar-refractivity contribution in [1.82, 2.24) is 0 Å². The summed E-state index contributed by atoms with van der Waals surface area (Å²) in [7, 11) is 0.722. The molecule has 410 valence electrons. The second-order valence-electron chi connectivity index (χ2n) is 21.6. The monoisotopic (exact) mass is 1620 g/mol. The van der Waals surface area contributed by atoms with Crippen molar-refractivity contribution in [2.75, 3.05) is 192 Å². The van der Waals surface area contributed by atoms with Crippen LogP contribution in [0.5, 0.6) is 0 Å². The van der Waals surface area contributed by atoms with Crippen molar-refractivity contribution in [3.05, 3.63) is 92.3 Å². The van der Waals surface area contributed by atoms with Gasteiger partial charge >= 0.3 is 63.2 Å². The van der Waals surface area contributed by atoms with Gasteiger partial charge in [0.1, 0.15) is 0 Å². The molecule has 0 bridgehead atoms. The standard InChI is InChI=1S/2C12H20N2.C12H16N2.6C3H9P.3Pt/c3*1(11-3-7-13-8-4-11)2-12-5-9-14-10-6-12;6*1-4(2)3;;;/h2*1-2,11-12H,3-10H2;1-4,7,12H,5-6,8-10H2;6*1-3H3;;;/q3*-2;;;;;;;3*+4/p+6. The van der Waals surface area contributed by atoms with Gasteiger partial charge in [0.15, 0.2) is 0 Å². The number of allylic oxidation sites excluding steroid dienone is 8. The Morgan fingerprint density at radius 3 is 0.696 bits per heavy atom. The van der Waals surface area contributed by atoms with Crippen LogP contribution in [0, 0.1) is 29.6 Å². The molecule has 6 rings (SSSR count). The molecule has 15 heteroatoms. The molecule has 0 unspecified atom stereocenters. The van der Waals surface area contributed by atoms with Crippen LogP contribution in [-0.4, -0.2) is 192 Å². The van der Waals surface area contributed by atoms with Crippen LogP contribution in [0.25, 0.3) is 31.9 Å². The molecular formula is C54H116N6P6Pt3+12. The summed E-state index contributed by atoms with van der Waals surface area (Å²) in [5.74, 6) is 3.98. The zero-order chi connectivity index (χ0) is 50.4. The second kappa shape index (κ2) is 61.8. The maximum Gasteiger partial charge on any atom is 4.00 e. The average molecular weight is 1620 g/mol. The number of piperidine rings is 5. The zero-order valence-corrected chi connectivity index (χ0v) is 60.9. The fourth-order valence-corrected chi connectivity index (χ4v) is 6.24. The third-order valence-electron chi connectivity index (χ3n) is 9.26. The van der Waals surface area contributed by atoms with E-state index in [1.165, 1.54) is 69.8 Å². The average Bonchev–Trinajstić information content (AvgIpc) is 3.26. The molecule has 0 saturated carbocycles. The Morgan fingerprint density at radius 1 is 0.333 bits per heavy atom. The molecule has 0 spiro atoms. The van der Waals surface area contributed by atoms with Crippen molar-refractivity contribution >= 4 is 47.5 Å². The molecule has 6 nitrogen and oxygen atoms in total. The van der Waals surface area contributed by atoms with E-state index in [0.717, 1.165) is 102 Å². The van der Waals surface area contributed by atoms with Crippen molar-refractivity contribution in [2.45, 2.75) is 64.2 Å². The second-order valence-corrected chi connectivity index (χ2v) is 39.6. The Balaban J connectivity index is -0.000000172. The smallest absolute Gasteiger partial charge is 0.687 e. The Labute approximate surface area is 484 Å². The van der Waals surface area contributed by atoms with Gasteiger partial charge in [-0.05, 0) is 82.7 Å². The van der Waals surface area contributed by atoms with Crippen LogP contribution in [0.1, 0.15) is 64.2 Å². The molecule has 0 amide bonds.